The van der Waals surface area contributed by atoms with Crippen molar-refractivity contribution in [3.8, 4) is 0 Å². The summed E-state index contributed by atoms with van der Waals surface area (Å²) in [5, 5.41) is 0. The molecule has 2 unspecified atom stereocenters. The number of anilines is 1. The van der Waals surface area contributed by atoms with Crippen LogP contribution in [0.15, 0.2) is 22.7 Å². The third-order valence-electron chi connectivity index (χ3n) is 3.51. The van der Waals surface area contributed by atoms with Gasteiger partial charge in [0.1, 0.15) is 0 Å². The van der Waals surface area contributed by atoms with Gasteiger partial charge in [0.25, 0.3) is 0 Å². The quantitative estimate of drug-likeness (QED) is 0.932. The van der Waals surface area contributed by atoms with E-state index in [2.05, 4.69) is 52.9 Å². The SMILES string of the molecule is CCC1COC(C)CN1c1ccc(Br)cc1CN. The molecule has 0 aliphatic carbocycles. The zero-order valence-corrected chi connectivity index (χ0v) is 12.6. The predicted molar refractivity (Wildman–Crippen MR) is 78.9 cm³/mol. The van der Waals surface area contributed by atoms with Gasteiger partial charge in [-0.1, -0.05) is 22.9 Å². The Bertz CT molecular complexity index is 411. The largest absolute Gasteiger partial charge is 0.375 e. The fourth-order valence-electron chi connectivity index (χ4n) is 2.48. The maximum Gasteiger partial charge on any atom is 0.0723 e. The van der Waals surface area contributed by atoms with Crippen molar-refractivity contribution >= 4 is 21.6 Å². The van der Waals surface area contributed by atoms with Gasteiger partial charge in [0.05, 0.1) is 18.8 Å². The first kappa shape index (κ1) is 13.8. The number of nitrogens with two attached hydrogens (primary N) is 1. The van der Waals surface area contributed by atoms with E-state index in [0.29, 0.717) is 12.6 Å². The van der Waals surface area contributed by atoms with Crippen molar-refractivity contribution < 1.29 is 4.74 Å². The van der Waals surface area contributed by atoms with E-state index in [1.54, 1.807) is 0 Å². The van der Waals surface area contributed by atoms with Crippen LogP contribution in [0.4, 0.5) is 5.69 Å². The number of benzene rings is 1. The summed E-state index contributed by atoms with van der Waals surface area (Å²) in [6, 6.07) is 6.81. The van der Waals surface area contributed by atoms with Crippen LogP contribution >= 0.6 is 15.9 Å². The van der Waals surface area contributed by atoms with Gasteiger partial charge in [-0.25, -0.2) is 0 Å². The number of nitrogens with zero attached hydrogens (tertiary/aromatic N) is 1. The molecule has 1 saturated heterocycles. The fourth-order valence-corrected chi connectivity index (χ4v) is 2.88. The average Bonchev–Trinajstić information content (AvgIpc) is 2.38. The standard InChI is InChI=1S/C14H21BrN2O/c1-3-13-9-18-10(2)8-17(13)14-5-4-12(15)6-11(14)7-16/h4-6,10,13H,3,7-9,16H2,1-2H3. The predicted octanol–water partition coefficient (Wildman–Crippen LogP) is 2.91. The first-order valence-electron chi connectivity index (χ1n) is 6.52. The molecule has 0 spiro atoms. The molecule has 1 fully saturated rings. The maximum absolute atomic E-state index is 5.87. The molecule has 3 nitrogen and oxygen atoms in total. The van der Waals surface area contributed by atoms with Crippen molar-refractivity contribution in [2.75, 3.05) is 18.1 Å². The summed E-state index contributed by atoms with van der Waals surface area (Å²) in [4.78, 5) is 2.45. The summed E-state index contributed by atoms with van der Waals surface area (Å²) < 4.78 is 6.83. The van der Waals surface area contributed by atoms with E-state index in [1.807, 2.05) is 0 Å². The molecule has 1 aliphatic rings. The average molecular weight is 313 g/mol. The van der Waals surface area contributed by atoms with E-state index < -0.39 is 0 Å². The summed E-state index contributed by atoms with van der Waals surface area (Å²) in [6.07, 6.45) is 1.37. The van der Waals surface area contributed by atoms with E-state index >= 15 is 0 Å². The molecular formula is C14H21BrN2O. The molecule has 2 rings (SSSR count). The Kier molecular flexibility index (Phi) is 4.65. The van der Waals surface area contributed by atoms with Crippen LogP contribution in [-0.4, -0.2) is 25.3 Å². The third kappa shape index (κ3) is 2.87. The summed E-state index contributed by atoms with van der Waals surface area (Å²) >= 11 is 3.51. The van der Waals surface area contributed by atoms with E-state index in [-0.39, 0.29) is 6.10 Å². The first-order chi connectivity index (χ1) is 8.65. The summed E-state index contributed by atoms with van der Waals surface area (Å²) in [5.41, 5.74) is 8.31. The molecule has 100 valence electrons. The van der Waals surface area contributed by atoms with Crippen molar-refractivity contribution in [1.82, 2.24) is 0 Å². The van der Waals surface area contributed by atoms with Gasteiger partial charge in [-0.15, -0.1) is 0 Å². The zero-order valence-electron chi connectivity index (χ0n) is 11.0. The van der Waals surface area contributed by atoms with Crippen LogP contribution in [-0.2, 0) is 11.3 Å². The second-order valence-electron chi connectivity index (χ2n) is 4.84. The van der Waals surface area contributed by atoms with Gasteiger partial charge in [-0.2, -0.15) is 0 Å². The van der Waals surface area contributed by atoms with Crippen LogP contribution in [0.5, 0.6) is 0 Å². The maximum atomic E-state index is 5.87. The van der Waals surface area contributed by atoms with Crippen LogP contribution in [0.25, 0.3) is 0 Å². The molecule has 1 aromatic carbocycles. The number of morpholine rings is 1. The number of hydrogen-bond acceptors (Lipinski definition) is 3. The van der Waals surface area contributed by atoms with Crippen LogP contribution < -0.4 is 10.6 Å². The van der Waals surface area contributed by atoms with Gasteiger partial charge in [-0.05, 0) is 37.1 Å². The van der Waals surface area contributed by atoms with E-state index in [1.165, 1.54) is 11.3 Å². The van der Waals surface area contributed by atoms with Gasteiger partial charge in [-0.3, -0.25) is 0 Å². The van der Waals surface area contributed by atoms with Crippen LogP contribution in [0.2, 0.25) is 0 Å². The van der Waals surface area contributed by atoms with E-state index in [4.69, 9.17) is 10.5 Å². The molecule has 0 saturated carbocycles. The van der Waals surface area contributed by atoms with Crippen LogP contribution in [0.1, 0.15) is 25.8 Å². The molecule has 0 amide bonds. The Labute approximate surface area is 117 Å². The minimum atomic E-state index is 0.280. The van der Waals surface area contributed by atoms with E-state index in [0.717, 1.165) is 24.0 Å². The first-order valence-corrected chi connectivity index (χ1v) is 7.31. The van der Waals surface area contributed by atoms with Gasteiger partial charge < -0.3 is 15.4 Å². The summed E-state index contributed by atoms with van der Waals surface area (Å²) in [7, 11) is 0. The molecule has 1 heterocycles. The molecule has 0 radical (unpaired) electrons. The lowest BCUT2D eigenvalue weighted by Gasteiger charge is -2.41. The highest BCUT2D eigenvalue weighted by atomic mass is 79.9. The summed E-state index contributed by atoms with van der Waals surface area (Å²) in [6.45, 7) is 6.64. The second kappa shape index (κ2) is 6.04. The van der Waals surface area contributed by atoms with Gasteiger partial charge in [0.15, 0.2) is 0 Å². The van der Waals surface area contributed by atoms with Crippen molar-refractivity contribution in [3.63, 3.8) is 0 Å². The van der Waals surface area contributed by atoms with Crippen molar-refractivity contribution in [3.05, 3.63) is 28.2 Å². The highest BCUT2D eigenvalue weighted by Crippen LogP contribution is 2.29. The minimum absolute atomic E-state index is 0.280. The molecule has 0 aromatic heterocycles. The third-order valence-corrected chi connectivity index (χ3v) is 4.00. The molecule has 0 bridgehead atoms. The molecule has 1 aliphatic heterocycles. The smallest absolute Gasteiger partial charge is 0.0723 e. The summed E-state index contributed by atoms with van der Waals surface area (Å²) in [5.74, 6) is 0. The molecule has 18 heavy (non-hydrogen) atoms. The van der Waals surface area contributed by atoms with Gasteiger partial charge in [0, 0.05) is 23.2 Å². The topological polar surface area (TPSA) is 38.5 Å². The normalized spacial score (nSPS) is 24.3. The Balaban J connectivity index is 2.32. The monoisotopic (exact) mass is 312 g/mol. The molecule has 2 atom stereocenters. The Morgan fingerprint density at radius 1 is 1.50 bits per heavy atom. The number of rotatable bonds is 3. The van der Waals surface area contributed by atoms with Crippen LogP contribution in [0, 0.1) is 0 Å². The fraction of sp³-hybridized carbons (Fsp3) is 0.571. The Hall–Kier alpha value is -0.580. The number of hydrogen-bond donors (Lipinski definition) is 1. The Morgan fingerprint density at radius 2 is 2.28 bits per heavy atom. The molecule has 4 heteroatoms. The molecular weight excluding hydrogens is 292 g/mol. The second-order valence-corrected chi connectivity index (χ2v) is 5.75. The Morgan fingerprint density at radius 3 is 2.94 bits per heavy atom. The van der Waals surface area contributed by atoms with Gasteiger partial charge in [0.2, 0.25) is 0 Å². The lowest BCUT2D eigenvalue weighted by Crippen LogP contribution is -2.49. The van der Waals surface area contributed by atoms with E-state index in [9.17, 15) is 0 Å². The van der Waals surface area contributed by atoms with Crippen LogP contribution in [0.3, 0.4) is 0 Å². The molecule has 2 N–H and O–H groups in total. The minimum Gasteiger partial charge on any atom is -0.375 e. The lowest BCUT2D eigenvalue weighted by molar-refractivity contribution is 0.0299. The van der Waals surface area contributed by atoms with Crippen molar-refractivity contribution in [2.45, 2.75) is 39.0 Å². The lowest BCUT2D eigenvalue weighted by atomic mass is 10.1. The highest BCUT2D eigenvalue weighted by molar-refractivity contribution is 9.10. The van der Waals surface area contributed by atoms with Crippen molar-refractivity contribution in [1.29, 1.82) is 0 Å². The highest BCUT2D eigenvalue weighted by Gasteiger charge is 2.26. The molecule has 1 aromatic rings. The number of halogens is 1. The zero-order chi connectivity index (χ0) is 13.1. The van der Waals surface area contributed by atoms with Crippen molar-refractivity contribution in [2.24, 2.45) is 5.73 Å². The number of ether oxygens (including phenoxy) is 1. The van der Waals surface area contributed by atoms with Gasteiger partial charge >= 0.3 is 0 Å².